The Kier molecular flexibility index (Phi) is 4.12. The highest BCUT2D eigenvalue weighted by molar-refractivity contribution is 5.48. The molecule has 1 rings (SSSR count). The standard InChI is InChI=1S/C10H11F3N2O3/c11-10(12,13)4-3-7(14)6-1-2-9(16)8(5-6)15(17)18/h1-2,5,7,16H,3-4,14H2/t7-/m1/s1. The van der Waals surface area contributed by atoms with E-state index in [1.165, 1.54) is 6.07 Å². The number of alkyl halides is 3. The SMILES string of the molecule is N[C@H](CCC(F)(F)F)c1ccc(O)c([N+](=O)[O-])c1. The minimum Gasteiger partial charge on any atom is -0.502 e. The van der Waals surface area contributed by atoms with E-state index >= 15 is 0 Å². The highest BCUT2D eigenvalue weighted by Gasteiger charge is 2.28. The molecule has 8 heteroatoms. The number of rotatable bonds is 4. The van der Waals surface area contributed by atoms with Crippen LogP contribution in [0.15, 0.2) is 18.2 Å². The second-order valence-electron chi connectivity index (χ2n) is 3.77. The Morgan fingerprint density at radius 3 is 2.56 bits per heavy atom. The molecule has 18 heavy (non-hydrogen) atoms. The van der Waals surface area contributed by atoms with Gasteiger partial charge < -0.3 is 10.8 Å². The molecule has 0 saturated heterocycles. The van der Waals surface area contributed by atoms with Gasteiger partial charge in [-0.1, -0.05) is 6.07 Å². The van der Waals surface area contributed by atoms with Gasteiger partial charge in [0.2, 0.25) is 0 Å². The van der Waals surface area contributed by atoms with E-state index in [0.717, 1.165) is 12.1 Å². The van der Waals surface area contributed by atoms with E-state index in [2.05, 4.69) is 0 Å². The number of aromatic hydroxyl groups is 1. The Morgan fingerprint density at radius 2 is 2.06 bits per heavy atom. The number of phenols is 1. The van der Waals surface area contributed by atoms with Crippen LogP contribution >= 0.6 is 0 Å². The van der Waals surface area contributed by atoms with E-state index in [1.807, 2.05) is 0 Å². The van der Waals surface area contributed by atoms with E-state index in [4.69, 9.17) is 5.73 Å². The molecule has 1 aromatic rings. The number of nitrogens with two attached hydrogens (primary N) is 1. The average Bonchev–Trinajstić information content (AvgIpc) is 2.25. The molecule has 1 aromatic carbocycles. The third kappa shape index (κ3) is 3.88. The third-order valence-electron chi connectivity index (χ3n) is 2.36. The van der Waals surface area contributed by atoms with Crippen LogP contribution in [0.3, 0.4) is 0 Å². The summed E-state index contributed by atoms with van der Waals surface area (Å²) in [6.07, 6.45) is -5.76. The maximum absolute atomic E-state index is 12.0. The molecule has 0 unspecified atom stereocenters. The second kappa shape index (κ2) is 5.21. The Labute approximate surface area is 100 Å². The Bertz CT molecular complexity index is 448. The van der Waals surface area contributed by atoms with Crippen molar-refractivity contribution in [3.63, 3.8) is 0 Å². The highest BCUT2D eigenvalue weighted by Crippen LogP contribution is 2.31. The van der Waals surface area contributed by atoms with E-state index in [-0.39, 0.29) is 12.0 Å². The molecule has 0 fully saturated rings. The van der Waals surface area contributed by atoms with Crippen LogP contribution in [0.4, 0.5) is 18.9 Å². The second-order valence-corrected chi connectivity index (χ2v) is 3.77. The lowest BCUT2D eigenvalue weighted by Crippen LogP contribution is -2.15. The van der Waals surface area contributed by atoms with Crippen LogP contribution in [0, 0.1) is 10.1 Å². The summed E-state index contributed by atoms with van der Waals surface area (Å²) < 4.78 is 36.0. The molecule has 0 spiro atoms. The van der Waals surface area contributed by atoms with Gasteiger partial charge in [-0.2, -0.15) is 13.2 Å². The molecule has 5 nitrogen and oxygen atoms in total. The molecular weight excluding hydrogens is 253 g/mol. The van der Waals surface area contributed by atoms with E-state index in [1.54, 1.807) is 0 Å². The Balaban J connectivity index is 2.83. The maximum atomic E-state index is 12.0. The van der Waals surface area contributed by atoms with Gasteiger partial charge in [-0.05, 0) is 18.1 Å². The van der Waals surface area contributed by atoms with Crippen molar-refractivity contribution in [2.24, 2.45) is 5.73 Å². The van der Waals surface area contributed by atoms with Crippen molar-refractivity contribution in [1.29, 1.82) is 0 Å². The molecule has 100 valence electrons. The molecule has 0 aliphatic heterocycles. The molecule has 0 saturated carbocycles. The molecule has 3 N–H and O–H groups in total. The molecular formula is C10H11F3N2O3. The summed E-state index contributed by atoms with van der Waals surface area (Å²) in [5, 5.41) is 19.7. The van der Waals surface area contributed by atoms with Crippen molar-refractivity contribution < 1.29 is 23.2 Å². The third-order valence-corrected chi connectivity index (χ3v) is 2.36. The molecule has 0 bridgehead atoms. The number of nitro benzene ring substituents is 1. The summed E-state index contributed by atoms with van der Waals surface area (Å²) >= 11 is 0. The first-order chi connectivity index (χ1) is 8.20. The number of hydrogen-bond acceptors (Lipinski definition) is 4. The van der Waals surface area contributed by atoms with Crippen LogP contribution in [0.1, 0.15) is 24.4 Å². The predicted molar refractivity (Wildman–Crippen MR) is 57.0 cm³/mol. The van der Waals surface area contributed by atoms with Gasteiger partial charge in [0, 0.05) is 18.5 Å². The largest absolute Gasteiger partial charge is 0.502 e. The van der Waals surface area contributed by atoms with Gasteiger partial charge in [-0.15, -0.1) is 0 Å². The van der Waals surface area contributed by atoms with E-state index in [9.17, 15) is 28.4 Å². The molecule has 0 amide bonds. The normalized spacial score (nSPS) is 13.3. The summed E-state index contributed by atoms with van der Waals surface area (Å²) in [6, 6.07) is 2.33. The molecule has 0 aliphatic carbocycles. The maximum Gasteiger partial charge on any atom is 0.389 e. The summed E-state index contributed by atoms with van der Waals surface area (Å²) in [7, 11) is 0. The first-order valence-corrected chi connectivity index (χ1v) is 5.00. The van der Waals surface area contributed by atoms with Crippen LogP contribution in [-0.2, 0) is 0 Å². The Morgan fingerprint density at radius 1 is 1.44 bits per heavy atom. The first-order valence-electron chi connectivity index (χ1n) is 5.00. The summed E-state index contributed by atoms with van der Waals surface area (Å²) in [4.78, 5) is 9.71. The van der Waals surface area contributed by atoms with Gasteiger partial charge >= 0.3 is 11.9 Å². The fourth-order valence-corrected chi connectivity index (χ4v) is 1.40. The minimum atomic E-state index is -4.32. The lowest BCUT2D eigenvalue weighted by Gasteiger charge is -2.13. The van der Waals surface area contributed by atoms with E-state index in [0.29, 0.717) is 0 Å². The molecule has 0 heterocycles. The van der Waals surface area contributed by atoms with Gasteiger partial charge in [-0.25, -0.2) is 0 Å². The zero-order valence-electron chi connectivity index (χ0n) is 9.15. The van der Waals surface area contributed by atoms with Crippen LogP contribution in [0.2, 0.25) is 0 Å². The van der Waals surface area contributed by atoms with Gasteiger partial charge in [0.1, 0.15) is 0 Å². The van der Waals surface area contributed by atoms with Crippen molar-refractivity contribution >= 4 is 5.69 Å². The van der Waals surface area contributed by atoms with Crippen molar-refractivity contribution in [3.05, 3.63) is 33.9 Å². The quantitative estimate of drug-likeness (QED) is 0.646. The van der Waals surface area contributed by atoms with Crippen molar-refractivity contribution in [1.82, 2.24) is 0 Å². The zero-order chi connectivity index (χ0) is 13.9. The van der Waals surface area contributed by atoms with Crippen LogP contribution in [0.25, 0.3) is 0 Å². The van der Waals surface area contributed by atoms with Gasteiger partial charge in [-0.3, -0.25) is 10.1 Å². The number of nitro groups is 1. The zero-order valence-corrected chi connectivity index (χ0v) is 9.15. The molecule has 0 aliphatic rings. The molecule has 0 aromatic heterocycles. The lowest BCUT2D eigenvalue weighted by molar-refractivity contribution is -0.385. The van der Waals surface area contributed by atoms with Gasteiger partial charge in [0.25, 0.3) is 0 Å². The van der Waals surface area contributed by atoms with Gasteiger partial charge in [0.15, 0.2) is 5.75 Å². The lowest BCUT2D eigenvalue weighted by atomic mass is 10.0. The Hall–Kier alpha value is -1.83. The number of benzene rings is 1. The van der Waals surface area contributed by atoms with Crippen LogP contribution in [0.5, 0.6) is 5.75 Å². The smallest absolute Gasteiger partial charge is 0.389 e. The summed E-state index contributed by atoms with van der Waals surface area (Å²) in [6.45, 7) is 0. The number of halogens is 3. The summed E-state index contributed by atoms with van der Waals surface area (Å²) in [5.41, 5.74) is 5.13. The minimum absolute atomic E-state index is 0.184. The number of hydrogen-bond donors (Lipinski definition) is 2. The van der Waals surface area contributed by atoms with E-state index < -0.39 is 35.0 Å². The highest BCUT2D eigenvalue weighted by atomic mass is 19.4. The van der Waals surface area contributed by atoms with Crippen LogP contribution < -0.4 is 5.73 Å². The van der Waals surface area contributed by atoms with Crippen molar-refractivity contribution in [2.45, 2.75) is 25.1 Å². The number of nitrogens with zero attached hydrogens (tertiary/aromatic N) is 1. The topological polar surface area (TPSA) is 89.4 Å². The fourth-order valence-electron chi connectivity index (χ4n) is 1.40. The van der Waals surface area contributed by atoms with Crippen molar-refractivity contribution in [3.8, 4) is 5.75 Å². The fraction of sp³-hybridized carbons (Fsp3) is 0.400. The molecule has 1 atom stereocenters. The monoisotopic (exact) mass is 264 g/mol. The first kappa shape index (κ1) is 14.2. The summed E-state index contributed by atoms with van der Waals surface area (Å²) in [5.74, 6) is -0.549. The number of phenolic OH excluding ortho intramolecular Hbond substituents is 1. The van der Waals surface area contributed by atoms with Crippen molar-refractivity contribution in [2.75, 3.05) is 0 Å². The molecule has 0 radical (unpaired) electrons. The predicted octanol–water partition coefficient (Wildman–Crippen LogP) is 2.64. The average molecular weight is 264 g/mol. The van der Waals surface area contributed by atoms with Gasteiger partial charge in [0.05, 0.1) is 4.92 Å². The van der Waals surface area contributed by atoms with Crippen LogP contribution in [-0.4, -0.2) is 16.2 Å².